The molecular formula is C14H18N4O5. The lowest BCUT2D eigenvalue weighted by Crippen LogP contribution is -2.30. The van der Waals surface area contributed by atoms with Gasteiger partial charge in [-0.2, -0.15) is 0 Å². The highest BCUT2D eigenvalue weighted by atomic mass is 16.6. The topological polar surface area (TPSA) is 119 Å². The zero-order chi connectivity index (χ0) is 16.7. The quantitative estimate of drug-likeness (QED) is 0.784. The molecule has 0 aromatic carbocycles. The van der Waals surface area contributed by atoms with Crippen LogP contribution in [0.3, 0.4) is 0 Å². The first-order valence-corrected chi connectivity index (χ1v) is 7.44. The van der Waals surface area contributed by atoms with E-state index in [0.29, 0.717) is 0 Å². The molecule has 1 aliphatic rings. The van der Waals surface area contributed by atoms with Gasteiger partial charge in [0.05, 0.1) is 12.4 Å². The number of rotatable bonds is 3. The van der Waals surface area contributed by atoms with Gasteiger partial charge in [0.25, 0.3) is 5.56 Å². The number of hydrogen-bond acceptors (Lipinski definition) is 6. The molecule has 124 valence electrons. The van der Waals surface area contributed by atoms with Gasteiger partial charge in [-0.25, -0.2) is 9.78 Å². The molecule has 0 amide bonds. The summed E-state index contributed by atoms with van der Waals surface area (Å²) in [5, 5.41) is 0. The minimum Gasteiger partial charge on any atom is -0.457 e. The summed E-state index contributed by atoms with van der Waals surface area (Å²) in [6.45, 7) is 5.26. The maximum Gasteiger partial charge on any atom is 0.327 e. The monoisotopic (exact) mass is 322 g/mol. The SMILES string of the molecule is CC[C@H]1O[C@@H](n2cnc3c(=O)[nH]c(=O)[nH]c32)[C@@H](OC(C)=O)C1C. The maximum absolute atomic E-state index is 11.8. The van der Waals surface area contributed by atoms with Gasteiger partial charge in [0.2, 0.25) is 0 Å². The van der Waals surface area contributed by atoms with E-state index in [1.54, 1.807) is 0 Å². The number of hydrogen-bond donors (Lipinski definition) is 2. The van der Waals surface area contributed by atoms with Crippen molar-refractivity contribution in [2.24, 2.45) is 5.92 Å². The van der Waals surface area contributed by atoms with Crippen LogP contribution in [0.2, 0.25) is 0 Å². The molecular weight excluding hydrogens is 304 g/mol. The number of esters is 1. The number of ether oxygens (including phenoxy) is 2. The molecule has 1 aliphatic heterocycles. The number of carbonyl (C=O) groups is 1. The van der Waals surface area contributed by atoms with E-state index in [0.717, 1.165) is 6.42 Å². The van der Waals surface area contributed by atoms with Crippen molar-refractivity contribution in [2.75, 3.05) is 0 Å². The summed E-state index contributed by atoms with van der Waals surface area (Å²) in [7, 11) is 0. The van der Waals surface area contributed by atoms with Crippen molar-refractivity contribution in [1.29, 1.82) is 0 Å². The Morgan fingerprint density at radius 2 is 2.17 bits per heavy atom. The van der Waals surface area contributed by atoms with Crippen molar-refractivity contribution < 1.29 is 14.3 Å². The van der Waals surface area contributed by atoms with Crippen LogP contribution < -0.4 is 11.2 Å². The second kappa shape index (κ2) is 5.65. The Kier molecular flexibility index (Phi) is 3.80. The zero-order valence-corrected chi connectivity index (χ0v) is 13.0. The van der Waals surface area contributed by atoms with Crippen LogP contribution in [0.25, 0.3) is 11.2 Å². The summed E-state index contributed by atoms with van der Waals surface area (Å²) < 4.78 is 12.9. The van der Waals surface area contributed by atoms with Gasteiger partial charge in [-0.15, -0.1) is 0 Å². The summed E-state index contributed by atoms with van der Waals surface area (Å²) in [4.78, 5) is 43.4. The average Bonchev–Trinajstić information content (AvgIpc) is 3.01. The molecule has 9 heteroatoms. The van der Waals surface area contributed by atoms with Gasteiger partial charge in [0.1, 0.15) is 5.65 Å². The third kappa shape index (κ3) is 2.56. The molecule has 23 heavy (non-hydrogen) atoms. The smallest absolute Gasteiger partial charge is 0.327 e. The van der Waals surface area contributed by atoms with Crippen LogP contribution in [-0.2, 0) is 14.3 Å². The normalized spacial score (nSPS) is 27.4. The molecule has 4 atom stereocenters. The number of aromatic nitrogens is 4. The fraction of sp³-hybridized carbons (Fsp3) is 0.571. The van der Waals surface area contributed by atoms with Crippen molar-refractivity contribution in [3.05, 3.63) is 27.2 Å². The molecule has 9 nitrogen and oxygen atoms in total. The lowest BCUT2D eigenvalue weighted by Gasteiger charge is -2.21. The first kappa shape index (κ1) is 15.5. The Balaban J connectivity index is 2.10. The van der Waals surface area contributed by atoms with Gasteiger partial charge < -0.3 is 9.47 Å². The Hall–Kier alpha value is -2.42. The Labute approximate surface area is 130 Å². The fourth-order valence-electron chi connectivity index (χ4n) is 3.05. The summed E-state index contributed by atoms with van der Waals surface area (Å²) in [5.74, 6) is -0.442. The predicted octanol–water partition coefficient (Wildman–Crippen LogP) is 0.288. The van der Waals surface area contributed by atoms with Crippen molar-refractivity contribution in [2.45, 2.75) is 45.6 Å². The molecule has 2 aromatic heterocycles. The number of carbonyl (C=O) groups excluding carboxylic acids is 1. The van der Waals surface area contributed by atoms with Crippen LogP contribution in [0.15, 0.2) is 15.9 Å². The van der Waals surface area contributed by atoms with Crippen LogP contribution in [0.5, 0.6) is 0 Å². The average molecular weight is 322 g/mol. The number of fused-ring (bicyclic) bond motifs is 1. The van der Waals surface area contributed by atoms with E-state index in [1.807, 2.05) is 13.8 Å². The molecule has 3 heterocycles. The first-order valence-electron chi connectivity index (χ1n) is 7.44. The van der Waals surface area contributed by atoms with Crippen LogP contribution in [0.1, 0.15) is 33.4 Å². The minimum absolute atomic E-state index is 0.0277. The molecule has 0 bridgehead atoms. The van der Waals surface area contributed by atoms with Crippen molar-refractivity contribution in [3.8, 4) is 0 Å². The molecule has 2 aromatic rings. The number of nitrogens with one attached hydrogen (secondary N) is 2. The maximum atomic E-state index is 11.8. The molecule has 0 saturated carbocycles. The van der Waals surface area contributed by atoms with E-state index in [1.165, 1.54) is 17.8 Å². The molecule has 1 saturated heterocycles. The number of imidazole rings is 1. The molecule has 1 fully saturated rings. The Morgan fingerprint density at radius 1 is 1.43 bits per heavy atom. The summed E-state index contributed by atoms with van der Waals surface area (Å²) >= 11 is 0. The van der Waals surface area contributed by atoms with Gasteiger partial charge in [0.15, 0.2) is 17.8 Å². The summed E-state index contributed by atoms with van der Waals surface area (Å²) in [5.41, 5.74) is -0.872. The second-order valence-corrected chi connectivity index (χ2v) is 5.66. The van der Waals surface area contributed by atoms with Gasteiger partial charge in [-0.05, 0) is 6.42 Å². The first-order chi connectivity index (χ1) is 10.9. The molecule has 0 radical (unpaired) electrons. The van der Waals surface area contributed by atoms with E-state index in [2.05, 4.69) is 15.0 Å². The van der Waals surface area contributed by atoms with E-state index >= 15 is 0 Å². The standard InChI is InChI=1S/C14H18N4O5/c1-4-8-6(2)10(22-7(3)19)13(23-8)18-5-15-9-11(18)16-14(21)17-12(9)20/h5-6,8,10,13H,4H2,1-3H3,(H2,16,17,20,21)/t6?,8-,10+,13-/m1/s1. The molecule has 3 rings (SSSR count). The molecule has 1 unspecified atom stereocenters. The Bertz CT molecular complexity index is 851. The fourth-order valence-corrected chi connectivity index (χ4v) is 3.05. The van der Waals surface area contributed by atoms with Gasteiger partial charge in [0, 0.05) is 12.8 Å². The number of H-pyrrole nitrogens is 2. The lowest BCUT2D eigenvalue weighted by atomic mass is 9.98. The van der Waals surface area contributed by atoms with Crippen LogP contribution >= 0.6 is 0 Å². The van der Waals surface area contributed by atoms with Gasteiger partial charge in [-0.1, -0.05) is 13.8 Å². The minimum atomic E-state index is -0.652. The third-order valence-corrected chi connectivity index (χ3v) is 4.15. The highest BCUT2D eigenvalue weighted by Crippen LogP contribution is 2.38. The van der Waals surface area contributed by atoms with E-state index in [-0.39, 0.29) is 23.2 Å². The summed E-state index contributed by atoms with van der Waals surface area (Å²) in [6.07, 6.45) is 0.871. The largest absolute Gasteiger partial charge is 0.457 e. The number of nitrogens with zero attached hydrogens (tertiary/aromatic N) is 2. The van der Waals surface area contributed by atoms with Crippen LogP contribution in [0, 0.1) is 5.92 Å². The highest BCUT2D eigenvalue weighted by Gasteiger charge is 2.44. The summed E-state index contributed by atoms with van der Waals surface area (Å²) in [6, 6.07) is 0. The Morgan fingerprint density at radius 3 is 2.83 bits per heavy atom. The van der Waals surface area contributed by atoms with Gasteiger partial charge in [-0.3, -0.25) is 24.1 Å². The van der Waals surface area contributed by atoms with Crippen LogP contribution in [0.4, 0.5) is 0 Å². The zero-order valence-electron chi connectivity index (χ0n) is 13.0. The highest BCUT2D eigenvalue weighted by molar-refractivity contribution is 5.69. The number of aromatic amines is 2. The predicted molar refractivity (Wildman–Crippen MR) is 79.9 cm³/mol. The second-order valence-electron chi connectivity index (χ2n) is 5.66. The van der Waals surface area contributed by atoms with E-state index < -0.39 is 29.6 Å². The van der Waals surface area contributed by atoms with Crippen LogP contribution in [-0.4, -0.2) is 37.7 Å². The third-order valence-electron chi connectivity index (χ3n) is 4.15. The molecule has 2 N–H and O–H groups in total. The van der Waals surface area contributed by atoms with Gasteiger partial charge >= 0.3 is 11.7 Å². The molecule has 0 spiro atoms. The van der Waals surface area contributed by atoms with Crippen molar-refractivity contribution in [3.63, 3.8) is 0 Å². The van der Waals surface area contributed by atoms with E-state index in [9.17, 15) is 14.4 Å². The lowest BCUT2D eigenvalue weighted by molar-refractivity contribution is -0.153. The van der Waals surface area contributed by atoms with E-state index in [4.69, 9.17) is 9.47 Å². The molecule has 0 aliphatic carbocycles. The van der Waals surface area contributed by atoms with Crippen molar-refractivity contribution >= 4 is 17.1 Å². The van der Waals surface area contributed by atoms with Crippen molar-refractivity contribution in [1.82, 2.24) is 19.5 Å².